The fraction of sp³-hybridized carbons (Fsp3) is 0.643. The van der Waals surface area contributed by atoms with Crippen LogP contribution in [0, 0.1) is 5.92 Å². The fourth-order valence-corrected chi connectivity index (χ4v) is 3.78. The number of amides is 1. The smallest absolute Gasteiger partial charge is 0.261 e. The van der Waals surface area contributed by atoms with Crippen LogP contribution in [0.2, 0.25) is 0 Å². The van der Waals surface area contributed by atoms with Crippen molar-refractivity contribution in [1.29, 1.82) is 0 Å². The molecule has 3 rings (SSSR count). The van der Waals surface area contributed by atoms with Gasteiger partial charge in [-0.05, 0) is 37.1 Å². The molecule has 0 radical (unpaired) electrons. The average Bonchev–Trinajstić information content (AvgIpc) is 2.85. The quantitative estimate of drug-likeness (QED) is 0.864. The summed E-state index contributed by atoms with van der Waals surface area (Å²) in [5, 5.41) is 6.54. The molecule has 2 aliphatic heterocycles. The molecule has 0 aliphatic carbocycles. The Morgan fingerprint density at radius 3 is 3.26 bits per heavy atom. The van der Waals surface area contributed by atoms with Gasteiger partial charge in [0.25, 0.3) is 5.91 Å². The minimum Gasteiger partial charge on any atom is -0.376 e. The molecule has 2 aliphatic rings. The van der Waals surface area contributed by atoms with Crippen LogP contribution in [-0.2, 0) is 17.8 Å². The summed E-state index contributed by atoms with van der Waals surface area (Å²) < 4.78 is 5.42. The maximum atomic E-state index is 12.3. The van der Waals surface area contributed by atoms with Gasteiger partial charge in [-0.1, -0.05) is 6.92 Å². The van der Waals surface area contributed by atoms with Crippen LogP contribution < -0.4 is 10.6 Å². The fourth-order valence-electron chi connectivity index (χ4n) is 2.73. The van der Waals surface area contributed by atoms with E-state index in [-0.39, 0.29) is 5.91 Å². The molecule has 2 unspecified atom stereocenters. The second-order valence-corrected chi connectivity index (χ2v) is 6.55. The number of carbonyl (C=O) groups is 1. The van der Waals surface area contributed by atoms with Gasteiger partial charge in [0, 0.05) is 17.3 Å². The summed E-state index contributed by atoms with van der Waals surface area (Å²) in [5.74, 6) is 0.578. The Kier molecular flexibility index (Phi) is 3.86. The maximum Gasteiger partial charge on any atom is 0.261 e. The van der Waals surface area contributed by atoms with Gasteiger partial charge in [0.05, 0.1) is 18.1 Å². The highest BCUT2D eigenvalue weighted by molar-refractivity contribution is 7.14. The predicted octanol–water partition coefficient (Wildman–Crippen LogP) is 1.55. The van der Waals surface area contributed by atoms with E-state index in [9.17, 15) is 4.79 Å². The lowest BCUT2D eigenvalue weighted by Gasteiger charge is -2.30. The Hall–Kier alpha value is -0.910. The molecule has 3 heterocycles. The second kappa shape index (κ2) is 5.61. The van der Waals surface area contributed by atoms with Crippen molar-refractivity contribution in [3.8, 4) is 0 Å². The van der Waals surface area contributed by atoms with Gasteiger partial charge in [-0.15, -0.1) is 11.3 Å². The van der Waals surface area contributed by atoms with Gasteiger partial charge < -0.3 is 15.4 Å². The van der Waals surface area contributed by atoms with Crippen molar-refractivity contribution >= 4 is 17.2 Å². The highest BCUT2D eigenvalue weighted by Crippen LogP contribution is 2.27. The van der Waals surface area contributed by atoms with Crippen LogP contribution in [-0.4, -0.2) is 31.6 Å². The van der Waals surface area contributed by atoms with Crippen LogP contribution in [0.4, 0.5) is 0 Å². The Labute approximate surface area is 117 Å². The van der Waals surface area contributed by atoms with E-state index in [4.69, 9.17) is 4.74 Å². The molecule has 0 saturated carbocycles. The van der Waals surface area contributed by atoms with E-state index in [1.807, 2.05) is 6.07 Å². The second-order valence-electron chi connectivity index (χ2n) is 5.41. The largest absolute Gasteiger partial charge is 0.376 e. The first-order valence-corrected chi connectivity index (χ1v) is 7.76. The maximum absolute atomic E-state index is 12.3. The molecule has 2 N–H and O–H groups in total. The summed E-state index contributed by atoms with van der Waals surface area (Å²) in [6, 6.07) is 2.30. The van der Waals surface area contributed by atoms with Gasteiger partial charge in [-0.25, -0.2) is 0 Å². The van der Waals surface area contributed by atoms with Crippen molar-refractivity contribution in [3.63, 3.8) is 0 Å². The number of carbonyl (C=O) groups excluding carboxylic acids is 1. The molecule has 0 aromatic carbocycles. The summed E-state index contributed by atoms with van der Waals surface area (Å²) in [5.41, 5.74) is 1.19. The Bertz CT molecular complexity index is 449. The van der Waals surface area contributed by atoms with Gasteiger partial charge in [-0.3, -0.25) is 4.79 Å². The van der Waals surface area contributed by atoms with Gasteiger partial charge in [0.2, 0.25) is 0 Å². The molecule has 0 bridgehead atoms. The van der Waals surface area contributed by atoms with Crippen LogP contribution in [0.5, 0.6) is 0 Å². The lowest BCUT2D eigenvalue weighted by molar-refractivity contribution is 0.0918. The minimum absolute atomic E-state index is 0.0816. The first kappa shape index (κ1) is 13.1. The summed E-state index contributed by atoms with van der Waals surface area (Å²) in [7, 11) is 0. The Balaban J connectivity index is 1.68. The van der Waals surface area contributed by atoms with Gasteiger partial charge in [-0.2, -0.15) is 0 Å². The molecule has 2 atom stereocenters. The first-order chi connectivity index (χ1) is 9.24. The molecule has 1 aromatic rings. The van der Waals surface area contributed by atoms with Crippen molar-refractivity contribution in [1.82, 2.24) is 10.6 Å². The van der Waals surface area contributed by atoms with Crippen molar-refractivity contribution in [3.05, 3.63) is 21.4 Å². The lowest BCUT2D eigenvalue weighted by atomic mass is 9.95. The first-order valence-electron chi connectivity index (χ1n) is 6.95. The normalized spacial score (nSPS) is 26.8. The molecule has 19 heavy (non-hydrogen) atoms. The van der Waals surface area contributed by atoms with E-state index in [1.165, 1.54) is 10.4 Å². The van der Waals surface area contributed by atoms with Crippen molar-refractivity contribution in [2.75, 3.05) is 19.7 Å². The van der Waals surface area contributed by atoms with Crippen LogP contribution in [0.3, 0.4) is 0 Å². The van der Waals surface area contributed by atoms with Crippen LogP contribution in [0.1, 0.15) is 33.5 Å². The number of ether oxygens (including phenoxy) is 1. The van der Waals surface area contributed by atoms with Gasteiger partial charge >= 0.3 is 0 Å². The van der Waals surface area contributed by atoms with E-state index >= 15 is 0 Å². The molecule has 1 amide bonds. The topological polar surface area (TPSA) is 50.4 Å². The SMILES string of the molecule is CC1CNCCC1NC(=O)c1cc2c(s1)CCOC2. The van der Waals surface area contributed by atoms with Crippen molar-refractivity contribution in [2.24, 2.45) is 5.92 Å². The average molecular weight is 280 g/mol. The number of rotatable bonds is 2. The summed E-state index contributed by atoms with van der Waals surface area (Å²) in [6.45, 7) is 5.59. The monoisotopic (exact) mass is 280 g/mol. The number of hydrogen-bond donors (Lipinski definition) is 2. The van der Waals surface area contributed by atoms with Gasteiger partial charge in [0.15, 0.2) is 0 Å². The third-order valence-electron chi connectivity index (χ3n) is 3.95. The molecule has 1 aromatic heterocycles. The molecule has 5 heteroatoms. The zero-order chi connectivity index (χ0) is 13.2. The summed E-state index contributed by atoms with van der Waals surface area (Å²) in [6.07, 6.45) is 1.96. The minimum atomic E-state index is 0.0816. The molecule has 1 saturated heterocycles. The highest BCUT2D eigenvalue weighted by Gasteiger charge is 2.24. The van der Waals surface area contributed by atoms with Crippen molar-refractivity contribution in [2.45, 2.75) is 32.4 Å². The summed E-state index contributed by atoms with van der Waals surface area (Å²) in [4.78, 5) is 14.5. The van der Waals surface area contributed by atoms with E-state index in [1.54, 1.807) is 11.3 Å². The Morgan fingerprint density at radius 1 is 1.58 bits per heavy atom. The lowest BCUT2D eigenvalue weighted by Crippen LogP contribution is -2.48. The van der Waals surface area contributed by atoms with Crippen LogP contribution in [0.25, 0.3) is 0 Å². The van der Waals surface area contributed by atoms with Crippen LogP contribution in [0.15, 0.2) is 6.07 Å². The molecule has 4 nitrogen and oxygen atoms in total. The number of thiophene rings is 1. The molecule has 0 spiro atoms. The number of hydrogen-bond acceptors (Lipinski definition) is 4. The molecule has 1 fully saturated rings. The zero-order valence-electron chi connectivity index (χ0n) is 11.2. The molecular weight excluding hydrogens is 260 g/mol. The van der Waals surface area contributed by atoms with E-state index in [0.717, 1.165) is 37.4 Å². The van der Waals surface area contributed by atoms with Gasteiger partial charge in [0.1, 0.15) is 0 Å². The van der Waals surface area contributed by atoms with Crippen molar-refractivity contribution < 1.29 is 9.53 Å². The molecule has 104 valence electrons. The zero-order valence-corrected chi connectivity index (χ0v) is 12.0. The summed E-state index contributed by atoms with van der Waals surface area (Å²) >= 11 is 1.63. The van der Waals surface area contributed by atoms with Crippen LogP contribution >= 0.6 is 11.3 Å². The third kappa shape index (κ3) is 2.83. The van der Waals surface area contributed by atoms with E-state index < -0.39 is 0 Å². The predicted molar refractivity (Wildman–Crippen MR) is 75.6 cm³/mol. The third-order valence-corrected chi connectivity index (χ3v) is 5.19. The Morgan fingerprint density at radius 2 is 2.47 bits per heavy atom. The molecular formula is C14H20N2O2S. The number of fused-ring (bicyclic) bond motifs is 1. The number of nitrogens with one attached hydrogen (secondary N) is 2. The number of piperidine rings is 1. The van der Waals surface area contributed by atoms with E-state index in [0.29, 0.717) is 18.6 Å². The van der Waals surface area contributed by atoms with E-state index in [2.05, 4.69) is 17.6 Å². The highest BCUT2D eigenvalue weighted by atomic mass is 32.1. The standard InChI is InChI=1S/C14H20N2O2S/c1-9-7-15-4-2-11(9)16-14(17)13-6-10-8-18-5-3-12(10)19-13/h6,9,11,15H,2-5,7-8H2,1H3,(H,16,17).